The highest BCUT2D eigenvalue weighted by atomic mass is 16.6. The average molecular weight is 1230 g/mol. The van der Waals surface area contributed by atoms with Crippen LogP contribution in [0.25, 0.3) is 0 Å². The molecule has 0 aromatic carbocycles. The molecule has 0 heterocycles. The number of carbonyl (C=O) groups excluding carboxylic acids is 2. The molecule has 1 atom stereocenters. The van der Waals surface area contributed by atoms with Crippen LogP contribution in [-0.2, 0) is 19.1 Å². The molecule has 0 amide bonds. The van der Waals surface area contributed by atoms with Crippen molar-refractivity contribution in [3.8, 4) is 0 Å². The van der Waals surface area contributed by atoms with E-state index in [1.807, 2.05) is 0 Å². The van der Waals surface area contributed by atoms with Crippen LogP contribution in [0, 0.1) is 0 Å². The van der Waals surface area contributed by atoms with Gasteiger partial charge in [-0.05, 0) is 167 Å². The summed E-state index contributed by atoms with van der Waals surface area (Å²) in [5.41, 5.74) is 0. The third-order valence-corrected chi connectivity index (χ3v) is 14.1. The van der Waals surface area contributed by atoms with Gasteiger partial charge in [0.15, 0.2) is 6.10 Å². The van der Waals surface area contributed by atoms with Crippen molar-refractivity contribution in [2.75, 3.05) is 13.2 Å². The topological polar surface area (TPSA) is 72.8 Å². The number of hydrogen-bond donors (Lipinski definition) is 1. The van der Waals surface area contributed by atoms with E-state index in [2.05, 4.69) is 257 Å². The maximum absolute atomic E-state index is 12.4. The summed E-state index contributed by atoms with van der Waals surface area (Å²) < 4.78 is 10.7. The fourth-order valence-electron chi connectivity index (χ4n) is 8.91. The van der Waals surface area contributed by atoms with Crippen LogP contribution in [0.1, 0.15) is 258 Å². The first-order chi connectivity index (χ1) is 44.6. The molecular formula is C85H128O5. The SMILES string of the molecule is CC/C=C\C/C=C\C/C=C\C/C=C\C/C=C\C/C=C\C/C=C\C/C=C\C/C=C\C/C=C\C/C=C\CCCCCCCCCC(=O)OC(CO)COC(=O)CCCCCCCCC/C=C\C/C=C\C/C=C\C/C=C\C/C=C\C/C=C\C/C=C\C/C=C\C/C=C\CC. The highest BCUT2D eigenvalue weighted by Crippen LogP contribution is 2.14. The number of hydrogen-bond acceptors (Lipinski definition) is 5. The van der Waals surface area contributed by atoms with Gasteiger partial charge in [0.05, 0.1) is 6.61 Å². The smallest absolute Gasteiger partial charge is 0.306 e. The lowest BCUT2D eigenvalue weighted by molar-refractivity contribution is -0.161. The summed E-state index contributed by atoms with van der Waals surface area (Å²) in [5.74, 6) is -0.633. The molecule has 0 aromatic heterocycles. The van der Waals surface area contributed by atoms with Gasteiger partial charge in [0.2, 0.25) is 0 Å². The molecule has 498 valence electrons. The van der Waals surface area contributed by atoms with Gasteiger partial charge in [-0.25, -0.2) is 0 Å². The fourth-order valence-corrected chi connectivity index (χ4v) is 8.91. The number of aliphatic hydroxyl groups is 1. The minimum absolute atomic E-state index is 0.0925. The van der Waals surface area contributed by atoms with E-state index < -0.39 is 6.10 Å². The first-order valence-corrected chi connectivity index (χ1v) is 35.6. The predicted molar refractivity (Wildman–Crippen MR) is 398 cm³/mol. The zero-order valence-electron chi connectivity index (χ0n) is 57.0. The molecule has 0 rings (SSSR count). The number of allylic oxidation sites excluding steroid dienone is 40. The number of rotatable bonds is 62. The highest BCUT2D eigenvalue weighted by molar-refractivity contribution is 5.70. The molecule has 90 heavy (non-hydrogen) atoms. The molecular weight excluding hydrogens is 1100 g/mol. The summed E-state index contributed by atoms with van der Waals surface area (Å²) in [7, 11) is 0. The van der Waals surface area contributed by atoms with Crippen LogP contribution >= 0.6 is 0 Å². The Labute approximate surface area is 553 Å². The van der Waals surface area contributed by atoms with Gasteiger partial charge < -0.3 is 14.6 Å². The van der Waals surface area contributed by atoms with Crippen LogP contribution in [0.5, 0.6) is 0 Å². The second-order valence-corrected chi connectivity index (χ2v) is 22.5. The summed E-state index contributed by atoms with van der Waals surface area (Å²) in [4.78, 5) is 24.7. The predicted octanol–water partition coefficient (Wildman–Crippen LogP) is 25.4. The fraction of sp³-hybridized carbons (Fsp3) is 0.506. The van der Waals surface area contributed by atoms with Gasteiger partial charge in [-0.15, -0.1) is 0 Å². The molecule has 1 N–H and O–H groups in total. The summed E-state index contributed by atoms with van der Waals surface area (Å²) in [6.07, 6.45) is 127. The molecule has 0 bridgehead atoms. The van der Waals surface area contributed by atoms with Crippen molar-refractivity contribution in [3.63, 3.8) is 0 Å². The van der Waals surface area contributed by atoms with Crippen LogP contribution in [-0.4, -0.2) is 36.4 Å². The number of unbranched alkanes of at least 4 members (excludes halogenated alkanes) is 14. The Morgan fingerprint density at radius 2 is 0.444 bits per heavy atom. The lowest BCUT2D eigenvalue weighted by Crippen LogP contribution is -2.28. The van der Waals surface area contributed by atoms with Gasteiger partial charge in [0.25, 0.3) is 0 Å². The zero-order chi connectivity index (χ0) is 64.7. The largest absolute Gasteiger partial charge is 0.462 e. The normalized spacial score (nSPS) is 13.8. The van der Waals surface area contributed by atoms with Gasteiger partial charge in [0, 0.05) is 12.8 Å². The van der Waals surface area contributed by atoms with Crippen molar-refractivity contribution < 1.29 is 24.2 Å². The van der Waals surface area contributed by atoms with Gasteiger partial charge in [-0.3, -0.25) is 9.59 Å². The maximum atomic E-state index is 12.4. The highest BCUT2D eigenvalue weighted by Gasteiger charge is 2.16. The van der Waals surface area contributed by atoms with Crippen molar-refractivity contribution in [2.24, 2.45) is 0 Å². The van der Waals surface area contributed by atoms with E-state index in [0.717, 1.165) is 180 Å². The van der Waals surface area contributed by atoms with Crippen molar-refractivity contribution in [2.45, 2.75) is 264 Å². The Kier molecular flexibility index (Phi) is 71.6. The molecule has 0 aliphatic rings. The molecule has 0 fully saturated rings. The summed E-state index contributed by atoms with van der Waals surface area (Å²) in [5, 5.41) is 9.71. The Hall–Kier alpha value is -6.30. The molecule has 0 aromatic rings. The van der Waals surface area contributed by atoms with E-state index in [9.17, 15) is 14.7 Å². The molecule has 5 nitrogen and oxygen atoms in total. The lowest BCUT2D eigenvalue weighted by atomic mass is 10.1. The van der Waals surface area contributed by atoms with Gasteiger partial charge in [0.1, 0.15) is 6.61 Å². The maximum Gasteiger partial charge on any atom is 0.306 e. The van der Waals surface area contributed by atoms with Crippen LogP contribution in [0.15, 0.2) is 243 Å². The van der Waals surface area contributed by atoms with Crippen LogP contribution < -0.4 is 0 Å². The summed E-state index contributed by atoms with van der Waals surface area (Å²) in [6.45, 7) is 3.88. The van der Waals surface area contributed by atoms with E-state index in [1.165, 1.54) is 51.4 Å². The zero-order valence-corrected chi connectivity index (χ0v) is 57.0. The van der Waals surface area contributed by atoms with Gasteiger partial charge >= 0.3 is 11.9 Å². The molecule has 5 heteroatoms. The average Bonchev–Trinajstić information content (AvgIpc) is 3.60. The number of aliphatic hydroxyl groups excluding tert-OH is 1. The minimum atomic E-state index is -0.804. The van der Waals surface area contributed by atoms with Crippen molar-refractivity contribution >= 4 is 11.9 Å². The van der Waals surface area contributed by atoms with Crippen LogP contribution in [0.4, 0.5) is 0 Å². The quantitative estimate of drug-likeness (QED) is 0.0373. The Bertz CT molecular complexity index is 2230. The van der Waals surface area contributed by atoms with Crippen molar-refractivity contribution in [1.82, 2.24) is 0 Å². The summed E-state index contributed by atoms with van der Waals surface area (Å²) in [6, 6.07) is 0. The first-order valence-electron chi connectivity index (χ1n) is 35.6. The lowest BCUT2D eigenvalue weighted by Gasteiger charge is -2.15. The monoisotopic (exact) mass is 1230 g/mol. The number of ether oxygens (including phenoxy) is 2. The van der Waals surface area contributed by atoms with E-state index in [4.69, 9.17) is 9.47 Å². The molecule has 0 saturated carbocycles. The van der Waals surface area contributed by atoms with E-state index in [-0.39, 0.29) is 25.2 Å². The molecule has 0 aliphatic heterocycles. The third-order valence-electron chi connectivity index (χ3n) is 14.1. The van der Waals surface area contributed by atoms with Crippen molar-refractivity contribution in [1.29, 1.82) is 0 Å². The minimum Gasteiger partial charge on any atom is -0.462 e. The third kappa shape index (κ3) is 74.2. The Morgan fingerprint density at radius 3 is 0.667 bits per heavy atom. The van der Waals surface area contributed by atoms with E-state index >= 15 is 0 Å². The molecule has 0 radical (unpaired) electrons. The second-order valence-electron chi connectivity index (χ2n) is 22.5. The second kappa shape index (κ2) is 76.9. The van der Waals surface area contributed by atoms with Crippen LogP contribution in [0.2, 0.25) is 0 Å². The van der Waals surface area contributed by atoms with E-state index in [1.54, 1.807) is 0 Å². The molecule has 0 spiro atoms. The number of carbonyl (C=O) groups is 2. The Balaban J connectivity index is 3.66. The van der Waals surface area contributed by atoms with Crippen molar-refractivity contribution in [3.05, 3.63) is 243 Å². The Morgan fingerprint density at radius 1 is 0.256 bits per heavy atom. The van der Waals surface area contributed by atoms with Crippen LogP contribution in [0.3, 0.4) is 0 Å². The first kappa shape index (κ1) is 83.7. The molecule has 0 saturated heterocycles. The van der Waals surface area contributed by atoms with E-state index in [0.29, 0.717) is 12.8 Å². The molecule has 1 unspecified atom stereocenters. The van der Waals surface area contributed by atoms with Gasteiger partial charge in [-0.1, -0.05) is 321 Å². The summed E-state index contributed by atoms with van der Waals surface area (Å²) >= 11 is 0. The number of esters is 2. The van der Waals surface area contributed by atoms with Gasteiger partial charge in [-0.2, -0.15) is 0 Å². The standard InChI is InChI=1S/C85H128O5/c1-3-5-7-9-11-13-15-17-19-21-23-25-27-29-31-33-35-37-39-40-41-42-43-44-46-48-50-52-54-56-58-60-62-64-66-68-70-72-74-76-78-80-85(88)90-83(81-86)82-89-84(87)79-77-75-73-71-69-67-65-63-61-59-57-55-53-51-49-47-45-38-36-34-32-30-28-26-24-22-20-18-16-14-12-10-8-6-4-2/h5-8,11-14,17-20,23-26,29-32,35-38,40-41,43-44,47-50,53-56,59-62,83,86H,3-4,9-10,15-16,21-22,27-28,33-34,39,42,45-46,51-52,57-58,63-82H2,1-2H3/b7-5-,8-6-,13-11-,14-12-,19-17-,20-18-,25-23-,26-24-,31-29-,32-30-,37-35-,38-36-,41-40-,44-43-,49-47-,50-48-,55-53-,56-54-,61-59-,62-60-. The molecule has 0 aliphatic carbocycles.